The molecule has 70 valence electrons. The van der Waals surface area contributed by atoms with Crippen LogP contribution in [0, 0.1) is 0 Å². The van der Waals surface area contributed by atoms with Gasteiger partial charge in [0.2, 0.25) is 0 Å². The van der Waals surface area contributed by atoms with Crippen molar-refractivity contribution in [2.24, 2.45) is 0 Å². The summed E-state index contributed by atoms with van der Waals surface area (Å²) in [5, 5.41) is 15.4. The van der Waals surface area contributed by atoms with Gasteiger partial charge in [0.15, 0.2) is 0 Å². The molecule has 0 amide bonds. The molecular formula is C7H11ClO4. The van der Waals surface area contributed by atoms with Crippen LogP contribution in [0.25, 0.3) is 0 Å². The van der Waals surface area contributed by atoms with E-state index in [4.69, 9.17) is 15.0 Å². The van der Waals surface area contributed by atoms with Gasteiger partial charge in [-0.15, -0.1) is 0 Å². The van der Waals surface area contributed by atoms with Crippen molar-refractivity contribution >= 4 is 23.0 Å². The van der Waals surface area contributed by atoms with Crippen molar-refractivity contribution in [2.75, 3.05) is 0 Å². The van der Waals surface area contributed by atoms with Gasteiger partial charge < -0.3 is 10.2 Å². The SMILES string of the molecule is CCC=C(C)C(=O)O.O=C(O)Cl. The van der Waals surface area contributed by atoms with E-state index in [1.54, 1.807) is 13.0 Å². The van der Waals surface area contributed by atoms with Gasteiger partial charge in [0.1, 0.15) is 0 Å². The van der Waals surface area contributed by atoms with E-state index < -0.39 is 11.4 Å². The first kappa shape index (κ1) is 13.6. The van der Waals surface area contributed by atoms with Crippen LogP contribution < -0.4 is 0 Å². The molecule has 0 bridgehead atoms. The summed E-state index contributed by atoms with van der Waals surface area (Å²) in [4.78, 5) is 18.8. The average molecular weight is 195 g/mol. The van der Waals surface area contributed by atoms with Crippen molar-refractivity contribution in [3.8, 4) is 0 Å². The Hall–Kier alpha value is -1.03. The molecule has 2 N–H and O–H groups in total. The molecule has 0 fully saturated rings. The van der Waals surface area contributed by atoms with E-state index >= 15 is 0 Å². The summed E-state index contributed by atoms with van der Waals surface area (Å²) in [6.45, 7) is 3.50. The third-order valence-corrected chi connectivity index (χ3v) is 0.848. The zero-order valence-corrected chi connectivity index (χ0v) is 7.63. The molecule has 0 aliphatic rings. The summed E-state index contributed by atoms with van der Waals surface area (Å²) < 4.78 is 0. The van der Waals surface area contributed by atoms with Crippen LogP contribution in [0.4, 0.5) is 4.79 Å². The first-order valence-electron chi connectivity index (χ1n) is 3.20. The second-order valence-corrected chi connectivity index (χ2v) is 2.18. The molecule has 0 aromatic rings. The number of halogens is 1. The Morgan fingerprint density at radius 2 is 1.75 bits per heavy atom. The minimum absolute atomic E-state index is 0.424. The van der Waals surface area contributed by atoms with Crippen molar-refractivity contribution < 1.29 is 19.8 Å². The van der Waals surface area contributed by atoms with E-state index in [1.807, 2.05) is 6.92 Å². The van der Waals surface area contributed by atoms with E-state index in [9.17, 15) is 4.79 Å². The maximum Gasteiger partial charge on any atom is 0.401 e. The molecule has 4 nitrogen and oxygen atoms in total. The normalized spacial score (nSPS) is 9.75. The van der Waals surface area contributed by atoms with Gasteiger partial charge in [0.25, 0.3) is 0 Å². The standard InChI is InChI=1S/C6H10O2.CHClO2/c1-3-4-5(2)6(7)8;2-1(3)4/h4H,3H2,1-2H3,(H,7,8);(H,3,4). The monoisotopic (exact) mass is 194 g/mol. The molecule has 0 heterocycles. The highest BCUT2D eigenvalue weighted by Gasteiger charge is 1.94. The molecule has 0 aliphatic heterocycles. The van der Waals surface area contributed by atoms with Crippen molar-refractivity contribution in [1.82, 2.24) is 0 Å². The van der Waals surface area contributed by atoms with Gasteiger partial charge in [-0.3, -0.25) is 0 Å². The largest absolute Gasteiger partial charge is 0.478 e. The summed E-state index contributed by atoms with van der Waals surface area (Å²) in [5.41, 5.74) is -0.937. The highest BCUT2D eigenvalue weighted by Crippen LogP contribution is 1.92. The first-order valence-corrected chi connectivity index (χ1v) is 3.58. The topological polar surface area (TPSA) is 74.6 Å². The predicted octanol–water partition coefficient (Wildman–Crippen LogP) is 2.33. The maximum absolute atomic E-state index is 10.0. The van der Waals surface area contributed by atoms with Crippen LogP contribution in [0.2, 0.25) is 0 Å². The molecule has 0 rings (SSSR count). The van der Waals surface area contributed by atoms with Gasteiger partial charge >= 0.3 is 11.4 Å². The lowest BCUT2D eigenvalue weighted by molar-refractivity contribution is -0.132. The summed E-state index contributed by atoms with van der Waals surface area (Å²) >= 11 is 4.19. The number of carboxylic acid groups (broad SMARTS) is 2. The van der Waals surface area contributed by atoms with E-state index in [0.29, 0.717) is 5.57 Å². The van der Waals surface area contributed by atoms with Crippen LogP contribution >= 0.6 is 11.6 Å². The zero-order valence-electron chi connectivity index (χ0n) is 6.87. The molecule has 0 aromatic carbocycles. The van der Waals surface area contributed by atoms with Crippen molar-refractivity contribution in [3.63, 3.8) is 0 Å². The molecule has 0 aliphatic carbocycles. The Bertz CT molecular complexity index is 182. The summed E-state index contributed by atoms with van der Waals surface area (Å²) in [5.74, 6) is -0.827. The second kappa shape index (κ2) is 8.07. The molecule has 0 saturated heterocycles. The van der Waals surface area contributed by atoms with Crippen LogP contribution in [0.3, 0.4) is 0 Å². The smallest absolute Gasteiger partial charge is 0.401 e. The molecule has 0 saturated carbocycles. The average Bonchev–Trinajstić information content (AvgIpc) is 1.86. The van der Waals surface area contributed by atoms with Crippen LogP contribution in [0.1, 0.15) is 20.3 Å². The molecule has 0 atom stereocenters. The van der Waals surface area contributed by atoms with E-state index in [2.05, 4.69) is 11.6 Å². The number of carbonyl (C=O) groups is 2. The quantitative estimate of drug-likeness (QED) is 0.523. The number of rotatable bonds is 2. The highest BCUT2D eigenvalue weighted by molar-refractivity contribution is 6.60. The fourth-order valence-corrected chi connectivity index (χ4v) is 0.393. The van der Waals surface area contributed by atoms with Crippen molar-refractivity contribution in [1.29, 1.82) is 0 Å². The lowest BCUT2D eigenvalue weighted by atomic mass is 10.2. The number of hydrogen-bond donors (Lipinski definition) is 2. The van der Waals surface area contributed by atoms with Gasteiger partial charge in [-0.1, -0.05) is 13.0 Å². The third kappa shape index (κ3) is 16.0. The minimum Gasteiger partial charge on any atom is -0.478 e. The molecule has 5 heteroatoms. The van der Waals surface area contributed by atoms with Crippen LogP contribution in [0.5, 0.6) is 0 Å². The second-order valence-electron chi connectivity index (χ2n) is 1.85. The van der Waals surface area contributed by atoms with Crippen molar-refractivity contribution in [3.05, 3.63) is 11.6 Å². The van der Waals surface area contributed by atoms with Crippen molar-refractivity contribution in [2.45, 2.75) is 20.3 Å². The molecule has 0 unspecified atom stereocenters. The molecule has 0 aromatic heterocycles. The lowest BCUT2D eigenvalue weighted by Crippen LogP contribution is -1.94. The fraction of sp³-hybridized carbons (Fsp3) is 0.429. The number of hydrogen-bond acceptors (Lipinski definition) is 2. The third-order valence-electron chi connectivity index (χ3n) is 0.848. The van der Waals surface area contributed by atoms with Crippen LogP contribution in [-0.2, 0) is 4.79 Å². The molecule has 0 radical (unpaired) electrons. The van der Waals surface area contributed by atoms with E-state index in [0.717, 1.165) is 6.42 Å². The first-order chi connectivity index (χ1) is 5.41. The number of allylic oxidation sites excluding steroid dienone is 1. The number of aliphatic carboxylic acids is 1. The minimum atomic E-state index is -1.36. The Morgan fingerprint density at radius 3 is 1.83 bits per heavy atom. The summed E-state index contributed by atoms with van der Waals surface area (Å²) in [6.07, 6.45) is 2.47. The summed E-state index contributed by atoms with van der Waals surface area (Å²) in [7, 11) is 0. The molecule has 12 heavy (non-hydrogen) atoms. The fourth-order valence-electron chi connectivity index (χ4n) is 0.393. The van der Waals surface area contributed by atoms with Gasteiger partial charge in [0.05, 0.1) is 0 Å². The van der Waals surface area contributed by atoms with Crippen LogP contribution in [-0.4, -0.2) is 21.6 Å². The Kier molecular flexibility index (Phi) is 9.11. The molecule has 0 spiro atoms. The predicted molar refractivity (Wildman–Crippen MR) is 45.6 cm³/mol. The molecular weight excluding hydrogens is 184 g/mol. The van der Waals surface area contributed by atoms with Gasteiger partial charge in [-0.25, -0.2) is 9.59 Å². The zero-order chi connectivity index (χ0) is 10.1. The van der Waals surface area contributed by atoms with Gasteiger partial charge in [-0.05, 0) is 13.3 Å². The van der Waals surface area contributed by atoms with Gasteiger partial charge in [0, 0.05) is 17.2 Å². The lowest BCUT2D eigenvalue weighted by Gasteiger charge is -1.87. The highest BCUT2D eigenvalue weighted by atomic mass is 35.5. The Labute approximate surface area is 75.5 Å². The Balaban J connectivity index is 0. The van der Waals surface area contributed by atoms with Gasteiger partial charge in [-0.2, -0.15) is 0 Å². The Morgan fingerprint density at radius 1 is 1.42 bits per heavy atom. The van der Waals surface area contributed by atoms with Crippen LogP contribution in [0.15, 0.2) is 11.6 Å². The number of carboxylic acids is 1. The van der Waals surface area contributed by atoms with E-state index in [1.165, 1.54) is 0 Å². The maximum atomic E-state index is 10.0. The summed E-state index contributed by atoms with van der Waals surface area (Å²) in [6, 6.07) is 0. The van der Waals surface area contributed by atoms with E-state index in [-0.39, 0.29) is 0 Å².